The van der Waals surface area contributed by atoms with Gasteiger partial charge in [-0.25, -0.2) is 23.6 Å². The Bertz CT molecular complexity index is 1730. The van der Waals surface area contributed by atoms with Crippen LogP contribution < -0.4 is 4.43 Å². The highest BCUT2D eigenvalue weighted by Crippen LogP contribution is 2.43. The van der Waals surface area contributed by atoms with Gasteiger partial charge in [-0.3, -0.25) is 4.90 Å². The van der Waals surface area contributed by atoms with Crippen LogP contribution in [0.2, 0.25) is 16.6 Å². The van der Waals surface area contributed by atoms with Gasteiger partial charge in [0, 0.05) is 67.9 Å². The molecule has 3 heterocycles. The van der Waals surface area contributed by atoms with Crippen molar-refractivity contribution in [1.29, 1.82) is 0 Å². The van der Waals surface area contributed by atoms with Gasteiger partial charge in [0.1, 0.15) is 11.6 Å². The number of hydrogen-bond donors (Lipinski definition) is 4. The molecule has 1 aromatic heterocycles. The number of halogens is 1. The first-order valence-corrected chi connectivity index (χ1v) is 20.1. The summed E-state index contributed by atoms with van der Waals surface area (Å²) in [7, 11) is -1.95. The first-order valence-electron chi connectivity index (χ1n) is 18.0. The van der Waals surface area contributed by atoms with Gasteiger partial charge in [0.25, 0.3) is 8.32 Å². The summed E-state index contributed by atoms with van der Waals surface area (Å²) >= 11 is 0. The second kappa shape index (κ2) is 20.0. The molecule has 0 spiro atoms. The van der Waals surface area contributed by atoms with Crippen molar-refractivity contribution >= 4 is 43.2 Å². The molecule has 13 nitrogen and oxygen atoms in total. The predicted octanol–water partition coefficient (Wildman–Crippen LogP) is 7.14. The van der Waals surface area contributed by atoms with Gasteiger partial charge in [0.05, 0.1) is 5.69 Å². The minimum absolute atomic E-state index is 0.278. The first-order chi connectivity index (χ1) is 25.4. The molecule has 2 aliphatic heterocycles. The minimum atomic E-state index is -1.95. The Balaban J connectivity index is 0.000000410. The van der Waals surface area contributed by atoms with Crippen molar-refractivity contribution in [3.05, 3.63) is 83.3 Å². The number of carboxylic acid groups (broad SMARTS) is 4. The number of carboxylic acids is 4. The number of nitrogens with zero attached hydrogens (tertiary/aromatic N) is 3. The molecule has 0 saturated carbocycles. The van der Waals surface area contributed by atoms with Crippen LogP contribution in [0.4, 0.5) is 4.39 Å². The van der Waals surface area contributed by atoms with Crippen molar-refractivity contribution in [3.63, 3.8) is 0 Å². The van der Waals surface area contributed by atoms with Crippen molar-refractivity contribution < 1.29 is 52.9 Å². The zero-order chi connectivity index (χ0) is 40.2. The van der Waals surface area contributed by atoms with Crippen LogP contribution in [0.1, 0.15) is 77.1 Å². The zero-order valence-electron chi connectivity index (χ0n) is 31.7. The monoisotopic (exact) mass is 769 g/mol. The molecular weight excluding hydrogens is 718 g/mol. The summed E-state index contributed by atoms with van der Waals surface area (Å²) < 4.78 is 25.9. The Morgan fingerprint density at radius 3 is 1.78 bits per heavy atom. The molecule has 2 aliphatic rings. The molecule has 1 saturated heterocycles. The van der Waals surface area contributed by atoms with E-state index in [9.17, 15) is 23.6 Å². The van der Waals surface area contributed by atoms with Crippen LogP contribution in [-0.2, 0) is 32.3 Å². The molecule has 5 rings (SSSR count). The summed E-state index contributed by atoms with van der Waals surface area (Å²) in [4.78, 5) is 43.4. The van der Waals surface area contributed by atoms with Gasteiger partial charge >= 0.3 is 23.9 Å². The molecule has 2 aromatic carbocycles. The number of rotatable bonds is 13. The highest BCUT2D eigenvalue weighted by molar-refractivity contribution is 6.78. The molecule has 4 N–H and O–H groups in total. The lowest BCUT2D eigenvalue weighted by Crippen LogP contribution is -2.50. The van der Waals surface area contributed by atoms with Crippen LogP contribution in [0.5, 0.6) is 5.75 Å². The van der Waals surface area contributed by atoms with Gasteiger partial charge < -0.3 is 34.3 Å². The van der Waals surface area contributed by atoms with Crippen LogP contribution in [0.25, 0.3) is 11.0 Å². The summed E-state index contributed by atoms with van der Waals surface area (Å²) in [6.45, 7) is 20.4. The summed E-state index contributed by atoms with van der Waals surface area (Å²) in [5.41, 5.74) is 6.13. The Labute approximate surface area is 315 Å². The normalized spacial score (nSPS) is 15.4. The molecular formula is C39H52FN3O10Si. The molecule has 3 aromatic rings. The smallest absolute Gasteiger partial charge is 0.328 e. The molecule has 0 unspecified atom stereocenters. The second-order valence-corrected chi connectivity index (χ2v) is 19.8. The third-order valence-corrected chi connectivity index (χ3v) is 15.9. The molecule has 0 aliphatic carbocycles. The van der Waals surface area contributed by atoms with Crippen molar-refractivity contribution in [3.8, 4) is 5.75 Å². The van der Waals surface area contributed by atoms with Crippen molar-refractivity contribution in [2.75, 3.05) is 26.2 Å². The maximum atomic E-state index is 13.5. The van der Waals surface area contributed by atoms with Crippen LogP contribution in [-0.4, -0.2) is 93.8 Å². The summed E-state index contributed by atoms with van der Waals surface area (Å²) in [6, 6.07) is 11.6. The molecule has 0 radical (unpaired) electrons. The van der Waals surface area contributed by atoms with Crippen molar-refractivity contribution in [2.45, 2.75) is 90.0 Å². The maximum Gasteiger partial charge on any atom is 0.328 e. The molecule has 1 fully saturated rings. The summed E-state index contributed by atoms with van der Waals surface area (Å²) in [5, 5.41) is 36.5. The summed E-state index contributed by atoms with van der Waals surface area (Å²) in [6.07, 6.45) is 4.36. The molecule has 15 heteroatoms. The summed E-state index contributed by atoms with van der Waals surface area (Å²) in [5.74, 6) is -3.86. The van der Waals surface area contributed by atoms with E-state index in [1.807, 2.05) is 0 Å². The number of likely N-dealkylation sites (tertiary alicyclic amines) is 1. The number of fused-ring (bicyclic) bond motifs is 2. The van der Waals surface area contributed by atoms with Gasteiger partial charge in [-0.2, -0.15) is 0 Å². The highest BCUT2D eigenvalue weighted by Gasteiger charge is 2.47. The lowest BCUT2D eigenvalue weighted by Gasteiger charge is -2.42. The number of benzene rings is 2. The third-order valence-electron chi connectivity index (χ3n) is 9.87. The fourth-order valence-corrected chi connectivity index (χ4v) is 12.7. The van der Waals surface area contributed by atoms with E-state index < -0.39 is 32.2 Å². The SMILES string of the molecule is CC(C)[Si](Oc1ccc2c(c1)CN(CCN1CCC(c3noc4cc(F)ccc34)CC1)C2)(C(C)C)C(C)C.O=C(O)/C=C/C(=O)O.O=C(O)/C=C/C(=O)O. The van der Waals surface area contributed by atoms with E-state index in [0.717, 1.165) is 68.9 Å². The Hall–Kier alpha value is -4.86. The van der Waals surface area contributed by atoms with Gasteiger partial charge in [-0.1, -0.05) is 52.8 Å². The van der Waals surface area contributed by atoms with Crippen LogP contribution in [0, 0.1) is 5.82 Å². The van der Waals surface area contributed by atoms with E-state index >= 15 is 0 Å². The Morgan fingerprint density at radius 1 is 0.778 bits per heavy atom. The molecule has 0 atom stereocenters. The number of carbonyl (C=O) groups is 4. The predicted molar refractivity (Wildman–Crippen MR) is 203 cm³/mol. The zero-order valence-corrected chi connectivity index (χ0v) is 32.7. The third kappa shape index (κ3) is 12.3. The van der Waals surface area contributed by atoms with Crippen molar-refractivity contribution in [1.82, 2.24) is 15.0 Å². The topological polar surface area (TPSA) is 191 Å². The number of piperidine rings is 1. The van der Waals surface area contributed by atoms with Crippen LogP contribution in [0.15, 0.2) is 65.2 Å². The standard InChI is InChI=1S/C31H44FN3O2Si.2C4H4O4/c1-21(2)38(22(3)4,23(5)6)37-28-9-7-25-19-35(20-26(25)17-28)16-15-34-13-11-24(12-14-34)31-29-10-8-27(32)18-30(29)36-33-31;2*5-3(6)1-2-4(7)8/h7-10,17-18,21-24H,11-16,19-20H2,1-6H3;2*1-2H,(H,5,6)(H,7,8)/b;2*2-1+. The van der Waals surface area contributed by atoms with Gasteiger partial charge in [-0.05, 0) is 77.9 Å². The highest BCUT2D eigenvalue weighted by atomic mass is 28.4. The average molecular weight is 770 g/mol. The number of hydrogen-bond acceptors (Lipinski definition) is 9. The lowest BCUT2D eigenvalue weighted by atomic mass is 9.91. The van der Waals surface area contributed by atoms with Gasteiger partial charge in [0.15, 0.2) is 5.58 Å². The fourth-order valence-electron chi connectivity index (χ4n) is 7.44. The average Bonchev–Trinajstić information content (AvgIpc) is 3.71. The number of aliphatic carboxylic acids is 4. The number of aromatic nitrogens is 1. The van der Waals surface area contributed by atoms with Crippen LogP contribution in [0.3, 0.4) is 0 Å². The van der Waals surface area contributed by atoms with E-state index in [4.69, 9.17) is 29.4 Å². The first kappa shape index (κ1) is 43.5. The lowest BCUT2D eigenvalue weighted by molar-refractivity contribution is -0.134. The minimum Gasteiger partial charge on any atom is -0.543 e. The van der Waals surface area contributed by atoms with E-state index in [1.165, 1.54) is 23.3 Å². The molecule has 294 valence electrons. The van der Waals surface area contributed by atoms with E-state index in [0.29, 0.717) is 52.4 Å². The Morgan fingerprint density at radius 2 is 1.28 bits per heavy atom. The van der Waals surface area contributed by atoms with E-state index in [-0.39, 0.29) is 5.82 Å². The van der Waals surface area contributed by atoms with E-state index in [1.54, 1.807) is 6.07 Å². The quantitative estimate of drug-likeness (QED) is 0.101. The molecule has 0 amide bonds. The van der Waals surface area contributed by atoms with Crippen LogP contribution >= 0.6 is 0 Å². The maximum absolute atomic E-state index is 13.5. The molecule has 0 bridgehead atoms. The van der Waals surface area contributed by atoms with E-state index in [2.05, 4.69) is 74.7 Å². The van der Waals surface area contributed by atoms with Crippen molar-refractivity contribution in [2.24, 2.45) is 0 Å². The van der Waals surface area contributed by atoms with Gasteiger partial charge in [-0.15, -0.1) is 0 Å². The second-order valence-electron chi connectivity index (χ2n) is 14.4. The fraction of sp³-hybridized carbons (Fsp3) is 0.462. The van der Waals surface area contributed by atoms with Gasteiger partial charge in [0.2, 0.25) is 0 Å². The Kier molecular flexibility index (Phi) is 16.1. The molecule has 54 heavy (non-hydrogen) atoms. The largest absolute Gasteiger partial charge is 0.543 e.